The lowest BCUT2D eigenvalue weighted by atomic mass is 10.1. The molecule has 124 valence electrons. The minimum Gasteiger partial charge on any atom is -0.541 e. The normalized spacial score (nSPS) is 12.6. The van der Waals surface area contributed by atoms with Gasteiger partial charge in [0.05, 0.1) is 14.2 Å². The van der Waals surface area contributed by atoms with Crippen LogP contribution < -0.4 is 13.9 Å². The Labute approximate surface area is 143 Å². The second-order valence-electron chi connectivity index (χ2n) is 6.83. The first-order valence-corrected chi connectivity index (χ1v) is 11.1. The zero-order chi connectivity index (χ0) is 17.1. The standard InChI is InChI=1S/C17H27BrO3Si/c1-12-11-14(19-5)16(20-6)15(13(12)9-10-18)21-22(7,8)17(2,3)4/h9-11H,1-8H3/b10-9-. The molecule has 1 aromatic rings. The van der Waals surface area contributed by atoms with Crippen LogP contribution in [0, 0.1) is 6.92 Å². The summed E-state index contributed by atoms with van der Waals surface area (Å²) in [6, 6.07) is 1.97. The van der Waals surface area contributed by atoms with E-state index in [2.05, 4.69) is 49.8 Å². The Kier molecular flexibility index (Phi) is 6.16. The van der Waals surface area contributed by atoms with E-state index >= 15 is 0 Å². The Balaban J connectivity index is 3.58. The lowest BCUT2D eigenvalue weighted by molar-refractivity contribution is 0.339. The van der Waals surface area contributed by atoms with Gasteiger partial charge in [0.25, 0.3) is 8.32 Å². The number of aryl methyl sites for hydroxylation is 1. The van der Waals surface area contributed by atoms with Gasteiger partial charge in [-0.25, -0.2) is 0 Å². The molecule has 0 spiro atoms. The Morgan fingerprint density at radius 3 is 2.09 bits per heavy atom. The van der Waals surface area contributed by atoms with E-state index in [-0.39, 0.29) is 5.04 Å². The van der Waals surface area contributed by atoms with E-state index in [4.69, 9.17) is 13.9 Å². The molecule has 0 unspecified atom stereocenters. The van der Waals surface area contributed by atoms with Gasteiger partial charge in [-0.15, -0.1) is 0 Å². The SMILES string of the molecule is COc1cc(C)c(/C=C\Br)c(O[Si](C)(C)C(C)(C)C)c1OC. The van der Waals surface area contributed by atoms with Crippen molar-refractivity contribution in [2.45, 2.75) is 45.8 Å². The van der Waals surface area contributed by atoms with Gasteiger partial charge in [0.1, 0.15) is 0 Å². The summed E-state index contributed by atoms with van der Waals surface area (Å²) in [5.74, 6) is 2.11. The van der Waals surface area contributed by atoms with Gasteiger partial charge in [0.15, 0.2) is 11.5 Å². The Morgan fingerprint density at radius 1 is 1.09 bits per heavy atom. The predicted molar refractivity (Wildman–Crippen MR) is 100 cm³/mol. The number of halogens is 1. The molecule has 0 amide bonds. The average molecular weight is 387 g/mol. The van der Waals surface area contributed by atoms with Crippen molar-refractivity contribution >= 4 is 30.3 Å². The van der Waals surface area contributed by atoms with Gasteiger partial charge in [-0.05, 0) is 47.7 Å². The van der Waals surface area contributed by atoms with Crippen molar-refractivity contribution in [1.82, 2.24) is 0 Å². The van der Waals surface area contributed by atoms with Crippen molar-refractivity contribution in [3.63, 3.8) is 0 Å². The van der Waals surface area contributed by atoms with E-state index in [1.54, 1.807) is 14.2 Å². The maximum atomic E-state index is 6.56. The molecular weight excluding hydrogens is 360 g/mol. The first-order chi connectivity index (χ1) is 10.1. The molecule has 0 bridgehead atoms. The number of hydrogen-bond donors (Lipinski definition) is 0. The first-order valence-electron chi connectivity index (χ1n) is 7.30. The zero-order valence-electron chi connectivity index (χ0n) is 14.8. The van der Waals surface area contributed by atoms with Crippen LogP contribution in [0.25, 0.3) is 6.08 Å². The molecule has 0 atom stereocenters. The molecule has 0 aliphatic heterocycles. The quantitative estimate of drug-likeness (QED) is 0.601. The Morgan fingerprint density at radius 2 is 1.68 bits per heavy atom. The fraction of sp³-hybridized carbons (Fsp3) is 0.529. The van der Waals surface area contributed by atoms with Crippen LogP contribution in [0.4, 0.5) is 0 Å². The molecule has 0 heterocycles. The van der Waals surface area contributed by atoms with Crippen molar-refractivity contribution in [2.75, 3.05) is 14.2 Å². The minimum atomic E-state index is -2.00. The van der Waals surface area contributed by atoms with Crippen LogP contribution in [0.2, 0.25) is 18.1 Å². The fourth-order valence-electron chi connectivity index (χ4n) is 1.88. The van der Waals surface area contributed by atoms with Crippen LogP contribution in [0.3, 0.4) is 0 Å². The van der Waals surface area contributed by atoms with Gasteiger partial charge in [-0.2, -0.15) is 0 Å². The van der Waals surface area contributed by atoms with Crippen LogP contribution in [0.5, 0.6) is 17.2 Å². The van der Waals surface area contributed by atoms with E-state index in [1.165, 1.54) is 0 Å². The number of benzene rings is 1. The van der Waals surface area contributed by atoms with Crippen molar-refractivity contribution in [1.29, 1.82) is 0 Å². The molecule has 5 heteroatoms. The second kappa shape index (κ2) is 7.09. The van der Waals surface area contributed by atoms with Crippen molar-refractivity contribution in [3.8, 4) is 17.2 Å². The second-order valence-corrected chi connectivity index (χ2v) is 12.1. The Bertz CT molecular complexity index is 560. The van der Waals surface area contributed by atoms with Crippen LogP contribution in [-0.4, -0.2) is 22.5 Å². The van der Waals surface area contributed by atoms with E-state index < -0.39 is 8.32 Å². The average Bonchev–Trinajstić information content (AvgIpc) is 2.40. The van der Waals surface area contributed by atoms with E-state index in [9.17, 15) is 0 Å². The lowest BCUT2D eigenvalue weighted by Gasteiger charge is -2.37. The third-order valence-electron chi connectivity index (χ3n) is 4.26. The molecule has 1 aromatic carbocycles. The minimum absolute atomic E-state index is 0.102. The monoisotopic (exact) mass is 386 g/mol. The molecule has 3 nitrogen and oxygen atoms in total. The summed E-state index contributed by atoms with van der Waals surface area (Å²) in [6.45, 7) is 13.2. The topological polar surface area (TPSA) is 27.7 Å². The predicted octanol–water partition coefficient (Wildman–Crippen LogP) is 5.76. The fourth-order valence-corrected chi connectivity index (χ4v) is 3.16. The summed E-state index contributed by atoms with van der Waals surface area (Å²) in [4.78, 5) is 1.83. The van der Waals surface area contributed by atoms with Gasteiger partial charge in [0, 0.05) is 5.56 Å². The van der Waals surface area contributed by atoms with E-state index in [1.807, 2.05) is 24.1 Å². The van der Waals surface area contributed by atoms with Crippen LogP contribution in [0.15, 0.2) is 11.1 Å². The molecular formula is C17H27BrO3Si. The van der Waals surface area contributed by atoms with Crippen molar-refractivity contribution < 1.29 is 13.9 Å². The summed E-state index contributed by atoms with van der Waals surface area (Å²) in [5.41, 5.74) is 2.10. The molecule has 0 aromatic heterocycles. The first kappa shape index (κ1) is 19.1. The van der Waals surface area contributed by atoms with E-state index in [0.717, 1.165) is 16.9 Å². The molecule has 0 N–H and O–H groups in total. The molecule has 0 aliphatic rings. The molecule has 1 rings (SSSR count). The van der Waals surface area contributed by atoms with Crippen LogP contribution in [0.1, 0.15) is 31.9 Å². The van der Waals surface area contributed by atoms with Gasteiger partial charge in [0.2, 0.25) is 5.75 Å². The van der Waals surface area contributed by atoms with Crippen LogP contribution >= 0.6 is 15.9 Å². The smallest absolute Gasteiger partial charge is 0.250 e. The molecule has 22 heavy (non-hydrogen) atoms. The number of hydrogen-bond acceptors (Lipinski definition) is 3. The molecule has 0 fully saturated rings. The number of methoxy groups -OCH3 is 2. The molecule has 0 saturated heterocycles. The maximum Gasteiger partial charge on any atom is 0.250 e. The molecule has 0 aliphatic carbocycles. The van der Waals surface area contributed by atoms with Gasteiger partial charge in [-0.1, -0.05) is 36.7 Å². The summed E-state index contributed by atoms with van der Waals surface area (Å²) in [5, 5.41) is 0.102. The largest absolute Gasteiger partial charge is 0.541 e. The van der Waals surface area contributed by atoms with Crippen molar-refractivity contribution in [3.05, 3.63) is 22.2 Å². The van der Waals surface area contributed by atoms with Crippen molar-refractivity contribution in [2.24, 2.45) is 0 Å². The van der Waals surface area contributed by atoms with E-state index in [0.29, 0.717) is 11.5 Å². The summed E-state index contributed by atoms with van der Waals surface area (Å²) in [6.07, 6.45) is 1.99. The third kappa shape index (κ3) is 3.87. The molecule has 0 radical (unpaired) electrons. The summed E-state index contributed by atoms with van der Waals surface area (Å²) in [7, 11) is 1.30. The number of ether oxygens (including phenoxy) is 2. The zero-order valence-corrected chi connectivity index (χ0v) is 17.4. The summed E-state index contributed by atoms with van der Waals surface area (Å²) >= 11 is 3.36. The highest BCUT2D eigenvalue weighted by atomic mass is 79.9. The molecule has 0 saturated carbocycles. The van der Waals surface area contributed by atoms with Gasteiger partial charge < -0.3 is 13.9 Å². The van der Waals surface area contributed by atoms with Gasteiger partial charge in [-0.3, -0.25) is 0 Å². The summed E-state index contributed by atoms with van der Waals surface area (Å²) < 4.78 is 17.6. The van der Waals surface area contributed by atoms with Gasteiger partial charge >= 0.3 is 0 Å². The maximum absolute atomic E-state index is 6.56. The highest BCUT2D eigenvalue weighted by Gasteiger charge is 2.40. The highest BCUT2D eigenvalue weighted by molar-refractivity contribution is 9.11. The Hall–Kier alpha value is -0.943. The number of rotatable bonds is 5. The third-order valence-corrected chi connectivity index (χ3v) is 8.86. The lowest BCUT2D eigenvalue weighted by Crippen LogP contribution is -2.44. The van der Waals surface area contributed by atoms with Crippen LogP contribution in [-0.2, 0) is 0 Å². The highest BCUT2D eigenvalue weighted by Crippen LogP contribution is 2.46.